The van der Waals surface area contributed by atoms with Gasteiger partial charge in [0.1, 0.15) is 11.5 Å². The Kier molecular flexibility index (Phi) is 6.07. The van der Waals surface area contributed by atoms with Crippen LogP contribution in [-0.2, 0) is 10.3 Å². The maximum atomic E-state index is 11.4. The highest BCUT2D eigenvalue weighted by atomic mass is 16.5. The molecule has 134 valence electrons. The summed E-state index contributed by atoms with van der Waals surface area (Å²) >= 11 is 0. The highest BCUT2D eigenvalue weighted by Crippen LogP contribution is 2.34. The minimum absolute atomic E-state index is 0.0431. The van der Waals surface area contributed by atoms with Crippen molar-refractivity contribution in [2.24, 2.45) is 0 Å². The zero-order chi connectivity index (χ0) is 18.4. The monoisotopic (exact) mass is 341 g/mol. The Morgan fingerprint density at radius 3 is 2.36 bits per heavy atom. The Morgan fingerprint density at radius 2 is 1.80 bits per heavy atom. The van der Waals surface area contributed by atoms with E-state index >= 15 is 0 Å². The quantitative estimate of drug-likeness (QED) is 0.805. The first-order valence-electron chi connectivity index (χ1n) is 8.58. The largest absolute Gasteiger partial charge is 0.496 e. The van der Waals surface area contributed by atoms with Gasteiger partial charge < -0.3 is 14.8 Å². The summed E-state index contributed by atoms with van der Waals surface area (Å²) in [4.78, 5) is 11.4. The van der Waals surface area contributed by atoms with Gasteiger partial charge in [0.25, 0.3) is 0 Å². The molecule has 0 atom stereocenters. The highest BCUT2D eigenvalue weighted by molar-refractivity contribution is 5.74. The number of rotatable bonds is 7. The molecule has 0 unspecified atom stereocenters. The second kappa shape index (κ2) is 8.06. The second-order valence-corrected chi connectivity index (χ2v) is 6.59. The van der Waals surface area contributed by atoms with E-state index in [0.717, 1.165) is 34.6 Å². The number of carbonyl (C=O) groups is 1. The number of methoxy groups -OCH3 is 1. The molecule has 0 heterocycles. The molecule has 0 saturated carbocycles. The van der Waals surface area contributed by atoms with Crippen molar-refractivity contribution in [2.75, 3.05) is 13.7 Å². The summed E-state index contributed by atoms with van der Waals surface area (Å²) in [5.41, 5.74) is 2.71. The first kappa shape index (κ1) is 18.8. The van der Waals surface area contributed by atoms with Crippen molar-refractivity contribution in [3.05, 3.63) is 48.0 Å². The predicted molar refractivity (Wildman–Crippen MR) is 101 cm³/mol. The molecule has 0 aliphatic rings. The lowest BCUT2D eigenvalue weighted by Gasteiger charge is -2.26. The molecule has 4 nitrogen and oxygen atoms in total. The number of ether oxygens (including phenoxy) is 2. The van der Waals surface area contributed by atoms with Crippen molar-refractivity contribution in [3.63, 3.8) is 0 Å². The van der Waals surface area contributed by atoms with Crippen LogP contribution in [-0.4, -0.2) is 19.6 Å². The van der Waals surface area contributed by atoms with Crippen LogP contribution in [0, 0.1) is 0 Å². The van der Waals surface area contributed by atoms with Gasteiger partial charge in [-0.1, -0.05) is 31.2 Å². The Balaban J connectivity index is 2.28. The Morgan fingerprint density at radius 1 is 1.12 bits per heavy atom. The molecule has 4 heteroatoms. The molecule has 1 N–H and O–H groups in total. The average Bonchev–Trinajstić information content (AvgIpc) is 2.58. The van der Waals surface area contributed by atoms with Gasteiger partial charge in [-0.2, -0.15) is 0 Å². The standard InChI is InChI=1S/C21H27NO3/c1-6-13-25-18-11-12-19(20(14-18)24-5)16-7-9-17(10-8-16)21(3,4)22-15(2)23/h7-12,14H,6,13H2,1-5H3,(H,22,23). The van der Waals surface area contributed by atoms with E-state index in [0.29, 0.717) is 6.61 Å². The number of carbonyl (C=O) groups excluding carboxylic acids is 1. The second-order valence-electron chi connectivity index (χ2n) is 6.59. The molecular formula is C21H27NO3. The minimum atomic E-state index is -0.410. The first-order valence-corrected chi connectivity index (χ1v) is 8.58. The highest BCUT2D eigenvalue weighted by Gasteiger charge is 2.21. The number of amides is 1. The van der Waals surface area contributed by atoms with Gasteiger partial charge in [-0.3, -0.25) is 4.79 Å². The fraction of sp³-hybridized carbons (Fsp3) is 0.381. The van der Waals surface area contributed by atoms with Gasteiger partial charge in [-0.05, 0) is 43.5 Å². The van der Waals surface area contributed by atoms with Crippen LogP contribution in [0.1, 0.15) is 39.7 Å². The van der Waals surface area contributed by atoms with Gasteiger partial charge in [0.2, 0.25) is 5.91 Å². The summed E-state index contributed by atoms with van der Waals surface area (Å²) in [6.45, 7) is 8.28. The van der Waals surface area contributed by atoms with E-state index in [1.54, 1.807) is 7.11 Å². The molecule has 1 amide bonds. The summed E-state index contributed by atoms with van der Waals surface area (Å²) < 4.78 is 11.2. The zero-order valence-corrected chi connectivity index (χ0v) is 15.7. The smallest absolute Gasteiger partial charge is 0.217 e. The van der Waals surface area contributed by atoms with Crippen molar-refractivity contribution < 1.29 is 14.3 Å². The van der Waals surface area contributed by atoms with Crippen LogP contribution in [0.3, 0.4) is 0 Å². The third-order valence-corrected chi connectivity index (χ3v) is 4.05. The predicted octanol–water partition coefficient (Wildman–Crippen LogP) is 4.52. The van der Waals surface area contributed by atoms with Gasteiger partial charge in [-0.25, -0.2) is 0 Å². The molecule has 0 aromatic heterocycles. The number of benzene rings is 2. The average molecular weight is 341 g/mol. The normalized spacial score (nSPS) is 11.1. The SMILES string of the molecule is CCCOc1ccc(-c2ccc(C(C)(C)NC(C)=O)cc2)c(OC)c1. The lowest BCUT2D eigenvalue weighted by molar-refractivity contribution is -0.120. The van der Waals surface area contributed by atoms with Crippen LogP contribution in [0.15, 0.2) is 42.5 Å². The van der Waals surface area contributed by atoms with Crippen molar-refractivity contribution >= 4 is 5.91 Å². The van der Waals surface area contributed by atoms with Gasteiger partial charge in [0, 0.05) is 18.6 Å². The minimum Gasteiger partial charge on any atom is -0.496 e. The molecule has 0 fully saturated rings. The zero-order valence-electron chi connectivity index (χ0n) is 15.7. The summed E-state index contributed by atoms with van der Waals surface area (Å²) in [6, 6.07) is 14.0. The molecule has 0 bridgehead atoms. The fourth-order valence-electron chi connectivity index (χ4n) is 2.80. The lowest BCUT2D eigenvalue weighted by atomic mass is 9.92. The third kappa shape index (κ3) is 4.75. The molecule has 0 saturated heterocycles. The Bertz CT molecular complexity index is 720. The number of hydrogen-bond donors (Lipinski definition) is 1. The van der Waals surface area contributed by atoms with Gasteiger partial charge in [0.05, 0.1) is 19.3 Å². The molecule has 0 radical (unpaired) electrons. The summed E-state index contributed by atoms with van der Waals surface area (Å²) in [6.07, 6.45) is 0.968. The molecule has 0 aliphatic heterocycles. The van der Waals surface area contributed by atoms with Gasteiger partial charge in [-0.15, -0.1) is 0 Å². The van der Waals surface area contributed by atoms with E-state index in [1.165, 1.54) is 6.92 Å². The molecule has 2 aromatic carbocycles. The van der Waals surface area contributed by atoms with E-state index < -0.39 is 5.54 Å². The third-order valence-electron chi connectivity index (χ3n) is 4.05. The first-order chi connectivity index (χ1) is 11.9. The van der Waals surface area contributed by atoms with Crippen LogP contribution in [0.2, 0.25) is 0 Å². The van der Waals surface area contributed by atoms with Crippen LogP contribution in [0.4, 0.5) is 0 Å². The van der Waals surface area contributed by atoms with E-state index in [9.17, 15) is 4.79 Å². The number of hydrogen-bond acceptors (Lipinski definition) is 3. The fourth-order valence-corrected chi connectivity index (χ4v) is 2.80. The van der Waals surface area contributed by atoms with Crippen LogP contribution in [0.5, 0.6) is 11.5 Å². The summed E-state index contributed by atoms with van der Waals surface area (Å²) in [7, 11) is 1.66. The van der Waals surface area contributed by atoms with Crippen molar-refractivity contribution in [2.45, 2.75) is 39.7 Å². The van der Waals surface area contributed by atoms with Gasteiger partial charge >= 0.3 is 0 Å². The maximum Gasteiger partial charge on any atom is 0.217 e. The molecule has 0 spiro atoms. The molecule has 2 rings (SSSR count). The topological polar surface area (TPSA) is 47.6 Å². The Hall–Kier alpha value is -2.49. The van der Waals surface area contributed by atoms with E-state index in [4.69, 9.17) is 9.47 Å². The molecular weight excluding hydrogens is 314 g/mol. The van der Waals surface area contributed by atoms with Crippen LogP contribution in [0.25, 0.3) is 11.1 Å². The van der Waals surface area contributed by atoms with E-state index in [1.807, 2.05) is 56.3 Å². The van der Waals surface area contributed by atoms with Crippen molar-refractivity contribution in [3.8, 4) is 22.6 Å². The van der Waals surface area contributed by atoms with Gasteiger partial charge in [0.15, 0.2) is 0 Å². The lowest BCUT2D eigenvalue weighted by Crippen LogP contribution is -2.39. The Labute approximate surface area is 150 Å². The molecule has 2 aromatic rings. The molecule has 0 aliphatic carbocycles. The van der Waals surface area contributed by atoms with Crippen LogP contribution >= 0.6 is 0 Å². The summed E-state index contributed by atoms with van der Waals surface area (Å²) in [5, 5.41) is 2.96. The number of nitrogens with one attached hydrogen (secondary N) is 1. The van der Waals surface area contributed by atoms with E-state index in [-0.39, 0.29) is 5.91 Å². The maximum absolute atomic E-state index is 11.4. The van der Waals surface area contributed by atoms with E-state index in [2.05, 4.69) is 12.2 Å². The molecule has 25 heavy (non-hydrogen) atoms. The van der Waals surface area contributed by atoms with Crippen molar-refractivity contribution in [1.29, 1.82) is 0 Å². The van der Waals surface area contributed by atoms with Crippen molar-refractivity contribution in [1.82, 2.24) is 5.32 Å². The summed E-state index contributed by atoms with van der Waals surface area (Å²) in [5.74, 6) is 1.55. The van der Waals surface area contributed by atoms with Crippen LogP contribution < -0.4 is 14.8 Å².